The number of hydrogen-bond donors (Lipinski definition) is 1. The summed E-state index contributed by atoms with van der Waals surface area (Å²) in [6.07, 6.45) is 3.37. The molecule has 1 amide bonds. The molecular formula is C15H25N3O2S. The molecule has 0 radical (unpaired) electrons. The smallest absolute Gasteiger partial charge is 0.263 e. The van der Waals surface area contributed by atoms with Crippen molar-refractivity contribution in [2.24, 2.45) is 0 Å². The number of nitrogens with one attached hydrogen (secondary N) is 1. The van der Waals surface area contributed by atoms with Crippen LogP contribution in [0.3, 0.4) is 0 Å². The number of unbranched alkanes of at least 4 members (excludes halogenated alkanes) is 2. The van der Waals surface area contributed by atoms with Gasteiger partial charge in [-0.2, -0.15) is 0 Å². The normalized spacial score (nSPS) is 16.1. The van der Waals surface area contributed by atoms with Crippen molar-refractivity contribution in [1.29, 1.82) is 0 Å². The molecule has 6 heteroatoms. The molecule has 1 fully saturated rings. The van der Waals surface area contributed by atoms with Gasteiger partial charge in [0.2, 0.25) is 0 Å². The molecule has 1 aromatic rings. The summed E-state index contributed by atoms with van der Waals surface area (Å²) in [4.78, 5) is 19.8. The first-order valence-electron chi connectivity index (χ1n) is 7.75. The zero-order valence-corrected chi connectivity index (χ0v) is 13.8. The fraction of sp³-hybridized carbons (Fsp3) is 0.733. The van der Waals surface area contributed by atoms with Crippen molar-refractivity contribution >= 4 is 17.2 Å². The molecule has 1 aliphatic rings. The number of aromatic nitrogens is 1. The van der Waals surface area contributed by atoms with E-state index in [0.29, 0.717) is 0 Å². The molecule has 1 aromatic heterocycles. The summed E-state index contributed by atoms with van der Waals surface area (Å²) >= 11 is 1.52. The van der Waals surface area contributed by atoms with E-state index >= 15 is 0 Å². The highest BCUT2D eigenvalue weighted by Crippen LogP contribution is 2.20. The zero-order valence-electron chi connectivity index (χ0n) is 13.0. The molecular weight excluding hydrogens is 286 g/mol. The molecule has 0 saturated carbocycles. The van der Waals surface area contributed by atoms with Gasteiger partial charge in [-0.1, -0.05) is 19.8 Å². The molecule has 0 aromatic carbocycles. The van der Waals surface area contributed by atoms with Gasteiger partial charge in [0.15, 0.2) is 0 Å². The number of carbonyl (C=O) groups excluding carboxylic acids is 1. The Balaban J connectivity index is 1.87. The van der Waals surface area contributed by atoms with E-state index < -0.39 is 0 Å². The third kappa shape index (κ3) is 5.05. The third-order valence-electron chi connectivity index (χ3n) is 3.58. The lowest BCUT2D eigenvalue weighted by Crippen LogP contribution is -2.35. The van der Waals surface area contributed by atoms with Crippen molar-refractivity contribution in [1.82, 2.24) is 15.2 Å². The summed E-state index contributed by atoms with van der Waals surface area (Å²) < 4.78 is 5.35. The highest BCUT2D eigenvalue weighted by molar-refractivity contribution is 7.13. The van der Waals surface area contributed by atoms with Crippen LogP contribution >= 0.6 is 11.3 Å². The van der Waals surface area contributed by atoms with Crippen LogP contribution in [-0.4, -0.2) is 48.6 Å². The highest BCUT2D eigenvalue weighted by Gasteiger charge is 2.17. The van der Waals surface area contributed by atoms with E-state index in [1.807, 2.05) is 6.92 Å². The molecule has 2 heterocycles. The van der Waals surface area contributed by atoms with E-state index in [4.69, 9.17) is 4.74 Å². The fourth-order valence-corrected chi connectivity index (χ4v) is 3.36. The van der Waals surface area contributed by atoms with E-state index in [-0.39, 0.29) is 5.91 Å². The van der Waals surface area contributed by atoms with Crippen molar-refractivity contribution in [3.8, 4) is 0 Å². The number of ether oxygens (including phenoxy) is 1. The lowest BCUT2D eigenvalue weighted by atomic mass is 10.2. The Bertz CT molecular complexity index is 456. The Hall–Kier alpha value is -0.980. The van der Waals surface area contributed by atoms with Gasteiger partial charge in [-0.05, 0) is 13.3 Å². The minimum atomic E-state index is 0.0225. The van der Waals surface area contributed by atoms with Gasteiger partial charge in [-0.25, -0.2) is 4.98 Å². The highest BCUT2D eigenvalue weighted by atomic mass is 32.1. The third-order valence-corrected chi connectivity index (χ3v) is 4.72. The van der Waals surface area contributed by atoms with Crippen LogP contribution in [0, 0.1) is 6.92 Å². The predicted molar refractivity (Wildman–Crippen MR) is 84.8 cm³/mol. The first kappa shape index (κ1) is 16.4. The van der Waals surface area contributed by atoms with Crippen molar-refractivity contribution < 1.29 is 9.53 Å². The van der Waals surface area contributed by atoms with Crippen LogP contribution in [0.25, 0.3) is 0 Å². The van der Waals surface area contributed by atoms with Crippen LogP contribution in [0.5, 0.6) is 0 Å². The number of carbonyl (C=O) groups is 1. The number of rotatable bonds is 7. The number of nitrogens with zero attached hydrogens (tertiary/aromatic N) is 2. The second kappa shape index (κ2) is 8.46. The van der Waals surface area contributed by atoms with Crippen molar-refractivity contribution in [3.05, 3.63) is 15.6 Å². The van der Waals surface area contributed by atoms with E-state index in [2.05, 4.69) is 22.1 Å². The van der Waals surface area contributed by atoms with Crippen LogP contribution in [-0.2, 0) is 11.3 Å². The summed E-state index contributed by atoms with van der Waals surface area (Å²) in [6, 6.07) is 0. The Labute approximate surface area is 130 Å². The second-order valence-electron chi connectivity index (χ2n) is 5.37. The standard InChI is InChI=1S/C15H25N3O2S/c1-3-4-5-6-16-15(19)14-12(2)17-13(21-14)11-18-7-9-20-10-8-18/h3-11H2,1-2H3,(H,16,19). The van der Waals surface area contributed by atoms with Crippen LogP contribution in [0.2, 0.25) is 0 Å². The molecule has 0 aliphatic carbocycles. The van der Waals surface area contributed by atoms with Gasteiger partial charge in [0.05, 0.1) is 25.5 Å². The first-order valence-corrected chi connectivity index (χ1v) is 8.57. The Kier molecular flexibility index (Phi) is 6.60. The zero-order chi connectivity index (χ0) is 15.1. The number of morpholine rings is 1. The largest absolute Gasteiger partial charge is 0.379 e. The lowest BCUT2D eigenvalue weighted by Gasteiger charge is -2.25. The van der Waals surface area contributed by atoms with Gasteiger partial charge in [0.1, 0.15) is 9.88 Å². The van der Waals surface area contributed by atoms with E-state index in [1.165, 1.54) is 17.8 Å². The average Bonchev–Trinajstić information content (AvgIpc) is 2.85. The number of amides is 1. The lowest BCUT2D eigenvalue weighted by molar-refractivity contribution is 0.0341. The van der Waals surface area contributed by atoms with Crippen LogP contribution in [0.4, 0.5) is 0 Å². The van der Waals surface area contributed by atoms with Crippen molar-refractivity contribution in [2.75, 3.05) is 32.8 Å². The molecule has 0 atom stereocenters. The molecule has 0 unspecified atom stereocenters. The summed E-state index contributed by atoms with van der Waals surface area (Å²) in [5, 5.41) is 4.01. The molecule has 118 valence electrons. The van der Waals surface area contributed by atoms with Gasteiger partial charge in [0, 0.05) is 19.6 Å². The maximum Gasteiger partial charge on any atom is 0.263 e. The van der Waals surface area contributed by atoms with Gasteiger partial charge in [0.25, 0.3) is 5.91 Å². The molecule has 1 N–H and O–H groups in total. The summed E-state index contributed by atoms with van der Waals surface area (Å²) in [6.45, 7) is 9.10. The van der Waals surface area contributed by atoms with Crippen molar-refractivity contribution in [2.45, 2.75) is 39.7 Å². The Morgan fingerprint density at radius 3 is 2.86 bits per heavy atom. The van der Waals surface area contributed by atoms with Gasteiger partial charge in [-0.3, -0.25) is 9.69 Å². The Morgan fingerprint density at radius 1 is 1.38 bits per heavy atom. The van der Waals surface area contributed by atoms with Gasteiger partial charge >= 0.3 is 0 Å². The maximum absolute atomic E-state index is 12.2. The average molecular weight is 311 g/mol. The van der Waals surface area contributed by atoms with E-state index in [0.717, 1.165) is 67.8 Å². The molecule has 2 rings (SSSR count). The molecule has 0 bridgehead atoms. The maximum atomic E-state index is 12.2. The van der Waals surface area contributed by atoms with Gasteiger partial charge < -0.3 is 10.1 Å². The first-order chi connectivity index (χ1) is 10.2. The summed E-state index contributed by atoms with van der Waals surface area (Å²) in [7, 11) is 0. The number of thiazole rings is 1. The predicted octanol–water partition coefficient (Wildman–Crippen LogP) is 2.20. The molecule has 0 spiro atoms. The number of aryl methyl sites for hydroxylation is 1. The minimum absolute atomic E-state index is 0.0225. The molecule has 21 heavy (non-hydrogen) atoms. The van der Waals surface area contributed by atoms with Gasteiger partial charge in [-0.15, -0.1) is 11.3 Å². The Morgan fingerprint density at radius 2 is 2.14 bits per heavy atom. The van der Waals surface area contributed by atoms with Crippen LogP contribution in [0.1, 0.15) is 46.6 Å². The minimum Gasteiger partial charge on any atom is -0.379 e. The summed E-state index contributed by atoms with van der Waals surface area (Å²) in [5.41, 5.74) is 0.844. The fourth-order valence-electron chi connectivity index (χ4n) is 2.34. The van der Waals surface area contributed by atoms with E-state index in [9.17, 15) is 4.79 Å². The molecule has 1 saturated heterocycles. The van der Waals surface area contributed by atoms with Crippen LogP contribution < -0.4 is 5.32 Å². The monoisotopic (exact) mass is 311 g/mol. The van der Waals surface area contributed by atoms with Crippen LogP contribution in [0.15, 0.2) is 0 Å². The quantitative estimate of drug-likeness (QED) is 0.784. The topological polar surface area (TPSA) is 54.5 Å². The number of hydrogen-bond acceptors (Lipinski definition) is 5. The van der Waals surface area contributed by atoms with Crippen molar-refractivity contribution in [3.63, 3.8) is 0 Å². The molecule has 1 aliphatic heterocycles. The second-order valence-corrected chi connectivity index (χ2v) is 6.46. The van der Waals surface area contributed by atoms with E-state index in [1.54, 1.807) is 0 Å². The SMILES string of the molecule is CCCCCNC(=O)c1sc(CN2CCOCC2)nc1C. The molecule has 5 nitrogen and oxygen atoms in total. The summed E-state index contributed by atoms with van der Waals surface area (Å²) in [5.74, 6) is 0.0225.